The van der Waals surface area contributed by atoms with E-state index in [1.807, 2.05) is 0 Å². The minimum atomic E-state index is 0.363. The van der Waals surface area contributed by atoms with Gasteiger partial charge in [0.05, 0.1) is 6.61 Å². The molecule has 0 spiro atoms. The Morgan fingerprint density at radius 1 is 1.44 bits per heavy atom. The van der Waals surface area contributed by atoms with Gasteiger partial charge in [-0.2, -0.15) is 0 Å². The Hall–Kier alpha value is -0.120. The molecule has 0 aromatic rings. The fourth-order valence-corrected chi connectivity index (χ4v) is 2.33. The van der Waals surface area contributed by atoms with Gasteiger partial charge in [-0.05, 0) is 40.2 Å². The molecule has 1 atom stereocenters. The third kappa shape index (κ3) is 3.19. The smallest absolute Gasteiger partial charge is 0.0547 e. The summed E-state index contributed by atoms with van der Waals surface area (Å²) in [5, 5.41) is 3.68. The Morgan fingerprint density at radius 3 is 2.69 bits per heavy atom. The molecule has 2 aliphatic rings. The Morgan fingerprint density at radius 2 is 2.19 bits per heavy atom. The molecule has 0 radical (unpaired) electrons. The summed E-state index contributed by atoms with van der Waals surface area (Å²) in [6.07, 6.45) is 3.96. The van der Waals surface area contributed by atoms with Gasteiger partial charge >= 0.3 is 0 Å². The zero-order valence-corrected chi connectivity index (χ0v) is 11.0. The van der Waals surface area contributed by atoms with E-state index < -0.39 is 0 Å². The van der Waals surface area contributed by atoms with Crippen LogP contribution in [0.1, 0.15) is 33.1 Å². The minimum Gasteiger partial charge on any atom is -0.381 e. The molecule has 1 aliphatic carbocycles. The van der Waals surface area contributed by atoms with Crippen molar-refractivity contribution in [1.29, 1.82) is 0 Å². The predicted molar refractivity (Wildman–Crippen MR) is 66.7 cm³/mol. The van der Waals surface area contributed by atoms with E-state index in [-0.39, 0.29) is 0 Å². The summed E-state index contributed by atoms with van der Waals surface area (Å²) in [6.45, 7) is 8.69. The molecule has 2 rings (SSSR count). The highest BCUT2D eigenvalue weighted by atomic mass is 16.5. The van der Waals surface area contributed by atoms with Crippen LogP contribution in [0.3, 0.4) is 0 Å². The lowest BCUT2D eigenvalue weighted by atomic mass is 9.86. The molecule has 16 heavy (non-hydrogen) atoms. The molecule has 1 saturated heterocycles. The van der Waals surface area contributed by atoms with Crippen molar-refractivity contribution in [2.75, 3.05) is 33.4 Å². The Balaban J connectivity index is 1.86. The number of nitrogens with one attached hydrogen (secondary N) is 1. The van der Waals surface area contributed by atoms with Crippen LogP contribution in [0.4, 0.5) is 0 Å². The molecule has 3 nitrogen and oxygen atoms in total. The van der Waals surface area contributed by atoms with E-state index in [1.54, 1.807) is 0 Å². The molecule has 1 saturated carbocycles. The normalized spacial score (nSPS) is 30.6. The maximum absolute atomic E-state index is 5.63. The number of hydrogen-bond acceptors (Lipinski definition) is 3. The molecule has 0 aromatic carbocycles. The Kier molecular flexibility index (Phi) is 3.88. The maximum Gasteiger partial charge on any atom is 0.0547 e. The van der Waals surface area contributed by atoms with Crippen molar-refractivity contribution in [3.05, 3.63) is 0 Å². The van der Waals surface area contributed by atoms with Crippen LogP contribution < -0.4 is 5.32 Å². The van der Waals surface area contributed by atoms with Crippen LogP contribution in [-0.2, 0) is 4.74 Å². The summed E-state index contributed by atoms with van der Waals surface area (Å²) in [6, 6.07) is 1.43. The molecule has 3 heteroatoms. The van der Waals surface area contributed by atoms with Crippen molar-refractivity contribution in [3.8, 4) is 0 Å². The third-order valence-corrected chi connectivity index (χ3v) is 3.99. The quantitative estimate of drug-likeness (QED) is 0.742. The minimum absolute atomic E-state index is 0.363. The fourth-order valence-electron chi connectivity index (χ4n) is 2.33. The molecule has 1 heterocycles. The average molecular weight is 226 g/mol. The van der Waals surface area contributed by atoms with Crippen LogP contribution >= 0.6 is 0 Å². The summed E-state index contributed by atoms with van der Waals surface area (Å²) >= 11 is 0. The molecule has 0 amide bonds. The second-order valence-electron chi connectivity index (χ2n) is 5.97. The molecule has 94 valence electrons. The first-order valence-electron chi connectivity index (χ1n) is 6.63. The van der Waals surface area contributed by atoms with E-state index in [0.29, 0.717) is 11.5 Å². The van der Waals surface area contributed by atoms with Gasteiger partial charge in [-0.15, -0.1) is 0 Å². The van der Waals surface area contributed by atoms with Crippen LogP contribution in [0, 0.1) is 5.41 Å². The summed E-state index contributed by atoms with van der Waals surface area (Å²) in [4.78, 5) is 2.45. The largest absolute Gasteiger partial charge is 0.381 e. The summed E-state index contributed by atoms with van der Waals surface area (Å²) < 4.78 is 5.63. The van der Waals surface area contributed by atoms with Crippen LogP contribution in [0.25, 0.3) is 0 Å². The molecule has 0 aromatic heterocycles. The van der Waals surface area contributed by atoms with E-state index >= 15 is 0 Å². The summed E-state index contributed by atoms with van der Waals surface area (Å²) in [5.41, 5.74) is 0.363. The van der Waals surface area contributed by atoms with E-state index in [0.717, 1.165) is 32.3 Å². The highest BCUT2D eigenvalue weighted by molar-refractivity contribution is 4.92. The number of nitrogens with zero attached hydrogens (tertiary/aromatic N) is 1. The summed E-state index contributed by atoms with van der Waals surface area (Å²) in [7, 11) is 2.22. The summed E-state index contributed by atoms with van der Waals surface area (Å²) in [5.74, 6) is 0. The van der Waals surface area contributed by atoms with Gasteiger partial charge < -0.3 is 15.0 Å². The van der Waals surface area contributed by atoms with E-state index in [1.165, 1.54) is 19.3 Å². The van der Waals surface area contributed by atoms with E-state index in [2.05, 4.69) is 31.1 Å². The average Bonchev–Trinajstić information content (AvgIpc) is 2.97. The van der Waals surface area contributed by atoms with Crippen LogP contribution in [0.15, 0.2) is 0 Å². The second-order valence-corrected chi connectivity index (χ2v) is 5.97. The maximum atomic E-state index is 5.63. The molecule has 1 unspecified atom stereocenters. The van der Waals surface area contributed by atoms with Crippen molar-refractivity contribution in [2.45, 2.75) is 45.2 Å². The van der Waals surface area contributed by atoms with Crippen LogP contribution in [-0.4, -0.2) is 50.3 Å². The van der Waals surface area contributed by atoms with Crippen LogP contribution in [0.5, 0.6) is 0 Å². The van der Waals surface area contributed by atoms with Crippen molar-refractivity contribution in [3.63, 3.8) is 0 Å². The van der Waals surface area contributed by atoms with Crippen molar-refractivity contribution in [2.24, 2.45) is 5.41 Å². The van der Waals surface area contributed by atoms with Gasteiger partial charge in [-0.1, -0.05) is 0 Å². The Labute approximate surface area is 99.5 Å². The lowest BCUT2D eigenvalue weighted by Crippen LogP contribution is -2.45. The lowest BCUT2D eigenvalue weighted by molar-refractivity contribution is 0.107. The molecule has 1 aliphatic heterocycles. The molecule has 1 N–H and O–H groups in total. The van der Waals surface area contributed by atoms with Gasteiger partial charge in [0.2, 0.25) is 0 Å². The Bertz CT molecular complexity index is 220. The van der Waals surface area contributed by atoms with Crippen molar-refractivity contribution < 1.29 is 4.74 Å². The van der Waals surface area contributed by atoms with Crippen LogP contribution in [0.2, 0.25) is 0 Å². The third-order valence-electron chi connectivity index (χ3n) is 3.99. The van der Waals surface area contributed by atoms with Gasteiger partial charge in [-0.3, -0.25) is 0 Å². The van der Waals surface area contributed by atoms with Gasteiger partial charge in [0.1, 0.15) is 0 Å². The molecule has 0 bridgehead atoms. The highest BCUT2D eigenvalue weighted by Crippen LogP contribution is 2.31. The van der Waals surface area contributed by atoms with Gasteiger partial charge in [0.25, 0.3) is 0 Å². The number of rotatable bonds is 6. The molecular formula is C13H26N2O. The zero-order chi connectivity index (χ0) is 11.6. The topological polar surface area (TPSA) is 24.5 Å². The van der Waals surface area contributed by atoms with Crippen molar-refractivity contribution in [1.82, 2.24) is 10.2 Å². The van der Waals surface area contributed by atoms with Gasteiger partial charge in [0, 0.05) is 37.2 Å². The monoisotopic (exact) mass is 226 g/mol. The van der Waals surface area contributed by atoms with Gasteiger partial charge in [0.15, 0.2) is 0 Å². The first kappa shape index (κ1) is 12.3. The first-order valence-corrected chi connectivity index (χ1v) is 6.63. The van der Waals surface area contributed by atoms with Gasteiger partial charge in [-0.25, -0.2) is 0 Å². The zero-order valence-electron chi connectivity index (χ0n) is 11.0. The van der Waals surface area contributed by atoms with E-state index in [4.69, 9.17) is 4.74 Å². The lowest BCUT2D eigenvalue weighted by Gasteiger charge is -2.34. The van der Waals surface area contributed by atoms with E-state index in [9.17, 15) is 0 Å². The molecule has 2 fully saturated rings. The predicted octanol–water partition coefficient (Wildman–Crippen LogP) is 1.49. The molecular weight excluding hydrogens is 200 g/mol. The fraction of sp³-hybridized carbons (Fsp3) is 1.00. The number of ether oxygens (including phenoxy) is 1. The first-order chi connectivity index (χ1) is 7.61. The standard InChI is InChI=1S/C13H26N2O/c1-11(2)15(3)9-13(6-7-16-10-13)8-14-12-4-5-12/h11-12,14H,4-10H2,1-3H3. The number of hydrogen-bond donors (Lipinski definition) is 1. The highest BCUT2D eigenvalue weighted by Gasteiger charge is 2.37. The SMILES string of the molecule is CC(C)N(C)CC1(CNC2CC2)CCOC1. The second kappa shape index (κ2) is 5.03. The van der Waals surface area contributed by atoms with Crippen molar-refractivity contribution >= 4 is 0 Å².